The minimum absolute atomic E-state index is 0. The molecule has 1 aliphatic rings. The number of aliphatic imine (C=N–C) groups is 1. The van der Waals surface area contributed by atoms with E-state index in [-0.39, 0.29) is 19.3 Å². The Labute approximate surface area is 200 Å². The Morgan fingerprint density at radius 1 is 1.38 bits per heavy atom. The number of carbonyl (C=O) groups is 1. The molecule has 1 fully saturated rings. The lowest BCUT2D eigenvalue weighted by molar-refractivity contribution is 0.0115. The quantitative estimate of drug-likeness (QED) is 0.360. The van der Waals surface area contributed by atoms with Crippen LogP contribution < -0.4 is 5.32 Å². The number of hydrogen-bond donors (Lipinski definition) is 3. The number of amides is 2. The van der Waals surface area contributed by atoms with Gasteiger partial charge in [-0.25, -0.2) is 9.79 Å². The number of piperidine rings is 1. The molecule has 4 rings (SSSR count). The van der Waals surface area contributed by atoms with Gasteiger partial charge in [0, 0.05) is 24.9 Å². The van der Waals surface area contributed by atoms with Crippen molar-refractivity contribution < 1.29 is 10.7 Å². The zero-order valence-electron chi connectivity index (χ0n) is 20.2. The Morgan fingerprint density at radius 3 is 2.85 bits per heavy atom. The molecule has 34 heavy (non-hydrogen) atoms. The summed E-state index contributed by atoms with van der Waals surface area (Å²) >= 11 is 0. The average molecular weight is 464 g/mol. The van der Waals surface area contributed by atoms with Crippen molar-refractivity contribution in [1.82, 2.24) is 20.0 Å². The van der Waals surface area contributed by atoms with Gasteiger partial charge in [-0.15, -0.1) is 0 Å². The van der Waals surface area contributed by atoms with E-state index in [9.17, 15) is 4.79 Å². The molecule has 0 aliphatic carbocycles. The van der Waals surface area contributed by atoms with Crippen molar-refractivity contribution in [3.05, 3.63) is 65.1 Å². The van der Waals surface area contributed by atoms with Crippen LogP contribution in [0.4, 0.5) is 10.5 Å². The Bertz CT molecular complexity index is 1220. The molecule has 3 aromatic rings. The predicted octanol–water partition coefficient (Wildman–Crippen LogP) is 5.27. The normalized spacial score (nSPS) is 22.8. The van der Waals surface area contributed by atoms with Gasteiger partial charge in [-0.3, -0.25) is 5.41 Å². The molecule has 3 atom stereocenters. The molecule has 9 heteroatoms. The molecule has 0 radical (unpaired) electrons. The van der Waals surface area contributed by atoms with Crippen LogP contribution in [0.2, 0.25) is 0 Å². The number of rotatable bonds is 4. The van der Waals surface area contributed by atoms with Gasteiger partial charge in [0.25, 0.3) is 5.89 Å². The molecule has 180 valence electrons. The SMILES string of the molecule is Cc1noc([C@]2(C)C[C@H](C)CC(C)N2C(=O)Nc2ccc(C)c(C(=N)N=Cc3ccc[nH]3)c2)n1.[HH]. The van der Waals surface area contributed by atoms with Gasteiger partial charge in [-0.1, -0.05) is 18.1 Å². The Balaban J connectivity index is 0.00000342. The second kappa shape index (κ2) is 9.24. The van der Waals surface area contributed by atoms with Gasteiger partial charge < -0.3 is 19.7 Å². The second-order valence-corrected chi connectivity index (χ2v) is 9.38. The molecule has 0 spiro atoms. The van der Waals surface area contributed by atoms with Gasteiger partial charge in [0.1, 0.15) is 5.54 Å². The van der Waals surface area contributed by atoms with Crippen molar-refractivity contribution in [3.63, 3.8) is 0 Å². The molecule has 9 nitrogen and oxygen atoms in total. The highest BCUT2D eigenvalue weighted by Gasteiger charge is 2.48. The van der Waals surface area contributed by atoms with E-state index >= 15 is 0 Å². The largest absolute Gasteiger partial charge is 0.360 e. The molecule has 1 aromatic carbocycles. The summed E-state index contributed by atoms with van der Waals surface area (Å²) in [7, 11) is 0. The summed E-state index contributed by atoms with van der Waals surface area (Å²) in [6.45, 7) is 9.90. The second-order valence-electron chi connectivity index (χ2n) is 9.38. The first-order valence-corrected chi connectivity index (χ1v) is 11.5. The van der Waals surface area contributed by atoms with Gasteiger partial charge in [0.15, 0.2) is 11.7 Å². The van der Waals surface area contributed by atoms with E-state index in [4.69, 9.17) is 9.93 Å². The lowest BCUT2D eigenvalue weighted by atomic mass is 9.79. The third-order valence-corrected chi connectivity index (χ3v) is 6.37. The summed E-state index contributed by atoms with van der Waals surface area (Å²) in [4.78, 5) is 27.1. The summed E-state index contributed by atoms with van der Waals surface area (Å²) in [5.41, 5.74) is 2.24. The zero-order valence-corrected chi connectivity index (χ0v) is 20.2. The fraction of sp³-hybridized carbons (Fsp3) is 0.400. The smallest absolute Gasteiger partial charge is 0.322 e. The molecule has 1 saturated heterocycles. The Morgan fingerprint density at radius 2 is 2.18 bits per heavy atom. The zero-order chi connectivity index (χ0) is 24.5. The molecule has 1 unspecified atom stereocenters. The third-order valence-electron chi connectivity index (χ3n) is 6.37. The number of benzene rings is 1. The fourth-order valence-electron chi connectivity index (χ4n) is 4.93. The lowest BCUT2D eigenvalue weighted by Gasteiger charge is -2.48. The van der Waals surface area contributed by atoms with E-state index in [1.165, 1.54) is 0 Å². The van der Waals surface area contributed by atoms with E-state index in [0.717, 1.165) is 24.1 Å². The number of aryl methyl sites for hydroxylation is 2. The molecule has 3 N–H and O–H groups in total. The van der Waals surface area contributed by atoms with Crippen LogP contribution >= 0.6 is 0 Å². The van der Waals surface area contributed by atoms with Gasteiger partial charge >= 0.3 is 6.03 Å². The van der Waals surface area contributed by atoms with E-state index in [1.54, 1.807) is 25.4 Å². The van der Waals surface area contributed by atoms with E-state index in [1.807, 2.05) is 49.9 Å². The fourth-order valence-corrected chi connectivity index (χ4v) is 4.93. The van der Waals surface area contributed by atoms with E-state index < -0.39 is 5.54 Å². The van der Waals surface area contributed by atoms with Crippen LogP contribution in [0.5, 0.6) is 0 Å². The maximum atomic E-state index is 13.6. The number of H-pyrrole nitrogens is 1. The first kappa shape index (κ1) is 23.4. The molecule has 0 bridgehead atoms. The predicted molar refractivity (Wildman–Crippen MR) is 134 cm³/mol. The van der Waals surface area contributed by atoms with Crippen molar-refractivity contribution in [2.75, 3.05) is 5.32 Å². The average Bonchev–Trinajstić information content (AvgIpc) is 3.44. The molecular weight excluding hydrogens is 430 g/mol. The van der Waals surface area contributed by atoms with Crippen LogP contribution in [0, 0.1) is 25.2 Å². The number of anilines is 1. The molecular formula is C25H33N7O2. The molecule has 1 aliphatic heterocycles. The van der Waals surface area contributed by atoms with Gasteiger partial charge in [-0.2, -0.15) is 4.98 Å². The van der Waals surface area contributed by atoms with Crippen molar-refractivity contribution >= 4 is 23.8 Å². The topological polar surface area (TPSA) is 123 Å². The number of nitrogens with one attached hydrogen (secondary N) is 3. The summed E-state index contributed by atoms with van der Waals surface area (Å²) < 4.78 is 5.53. The number of hydrogen-bond acceptors (Lipinski definition) is 5. The highest BCUT2D eigenvalue weighted by atomic mass is 16.5. The van der Waals surface area contributed by atoms with Crippen LogP contribution in [0.3, 0.4) is 0 Å². The van der Waals surface area contributed by atoms with Gasteiger partial charge in [0.2, 0.25) is 0 Å². The van der Waals surface area contributed by atoms with Crippen molar-refractivity contribution in [2.24, 2.45) is 10.9 Å². The van der Waals surface area contributed by atoms with Crippen molar-refractivity contribution in [2.45, 2.75) is 59.0 Å². The van der Waals surface area contributed by atoms with Gasteiger partial charge in [-0.05, 0) is 76.3 Å². The van der Waals surface area contributed by atoms with Crippen LogP contribution in [0.15, 0.2) is 46.0 Å². The molecule has 2 amide bonds. The molecule has 3 heterocycles. The maximum absolute atomic E-state index is 13.6. The summed E-state index contributed by atoms with van der Waals surface area (Å²) in [6, 6.07) is 8.99. The monoisotopic (exact) mass is 463 g/mol. The number of aromatic amines is 1. The summed E-state index contributed by atoms with van der Waals surface area (Å²) in [5, 5.41) is 15.4. The van der Waals surface area contributed by atoms with Crippen molar-refractivity contribution in [3.8, 4) is 0 Å². The number of nitrogens with zero attached hydrogens (tertiary/aromatic N) is 4. The van der Waals surface area contributed by atoms with E-state index in [2.05, 4.69) is 32.4 Å². The molecule has 2 aromatic heterocycles. The number of carbonyl (C=O) groups excluding carboxylic acids is 1. The van der Waals surface area contributed by atoms with Crippen LogP contribution in [-0.2, 0) is 5.54 Å². The van der Waals surface area contributed by atoms with Crippen molar-refractivity contribution in [1.29, 1.82) is 5.41 Å². The summed E-state index contributed by atoms with van der Waals surface area (Å²) in [6.07, 6.45) is 5.02. The lowest BCUT2D eigenvalue weighted by Crippen LogP contribution is -2.57. The first-order chi connectivity index (χ1) is 16.2. The minimum Gasteiger partial charge on any atom is -0.360 e. The number of urea groups is 1. The highest BCUT2D eigenvalue weighted by molar-refractivity contribution is 6.05. The molecule has 0 saturated carbocycles. The van der Waals surface area contributed by atoms with E-state index in [0.29, 0.717) is 28.9 Å². The first-order valence-electron chi connectivity index (χ1n) is 11.5. The highest BCUT2D eigenvalue weighted by Crippen LogP contribution is 2.42. The number of amidine groups is 1. The van der Waals surface area contributed by atoms with Crippen LogP contribution in [0.25, 0.3) is 0 Å². The minimum atomic E-state index is -0.719. The number of likely N-dealkylation sites (tertiary alicyclic amines) is 1. The third kappa shape index (κ3) is 4.64. The summed E-state index contributed by atoms with van der Waals surface area (Å²) in [5.74, 6) is 1.52. The number of aromatic nitrogens is 3. The maximum Gasteiger partial charge on any atom is 0.322 e. The Kier molecular flexibility index (Phi) is 6.37. The van der Waals surface area contributed by atoms with Gasteiger partial charge in [0.05, 0.1) is 11.9 Å². The van der Waals surface area contributed by atoms with Crippen LogP contribution in [0.1, 0.15) is 63.6 Å². The Hall–Kier alpha value is -3.75. The standard InChI is InChI=1S/C25H31N7O2.H2/c1-15-11-17(3)32(25(5,13-15)23-29-18(4)31-34-23)24(33)30-19-9-8-16(2)21(12-19)22(26)28-14-20-7-6-10-27-20;/h6-10,12,14-15,17,26-27H,11,13H2,1-5H3,(H,30,33);1H/t15-,17?,25+;/m1./s1. The van der Waals surface area contributed by atoms with Crippen LogP contribution in [-0.4, -0.2) is 44.1 Å².